The molecule has 0 bridgehead atoms. The van der Waals surface area contributed by atoms with Crippen LogP contribution >= 0.6 is 0 Å². The molecule has 0 aliphatic rings. The lowest BCUT2D eigenvalue weighted by Gasteiger charge is -2.07. The van der Waals surface area contributed by atoms with Gasteiger partial charge in [-0.1, -0.05) is 24.3 Å². The number of nitrogens with one attached hydrogen (secondary N) is 2. The molecule has 2 aromatic heterocycles. The van der Waals surface area contributed by atoms with Crippen LogP contribution in [0.5, 0.6) is 0 Å². The maximum absolute atomic E-state index is 12.2. The van der Waals surface area contributed by atoms with E-state index in [1.807, 2.05) is 66.2 Å². The number of rotatable bonds is 5. The van der Waals surface area contributed by atoms with Crippen molar-refractivity contribution in [1.29, 1.82) is 0 Å². The largest absolute Gasteiger partial charge is 0.331 e. The first kappa shape index (κ1) is 18.5. The third kappa shape index (κ3) is 4.19. The van der Waals surface area contributed by atoms with Crippen molar-refractivity contribution in [2.45, 2.75) is 13.0 Å². The summed E-state index contributed by atoms with van der Waals surface area (Å²) >= 11 is 0. The Morgan fingerprint density at radius 2 is 1.72 bits per heavy atom. The second-order valence-corrected chi connectivity index (χ2v) is 6.72. The van der Waals surface area contributed by atoms with Crippen LogP contribution in [0.1, 0.15) is 5.82 Å². The molecule has 0 aliphatic carbocycles. The molecule has 2 aromatic carbocycles. The number of benzene rings is 2. The summed E-state index contributed by atoms with van der Waals surface area (Å²) in [5.41, 5.74) is 3.12. The van der Waals surface area contributed by atoms with Gasteiger partial charge in [-0.3, -0.25) is 4.79 Å². The second-order valence-electron chi connectivity index (χ2n) is 6.72. The lowest BCUT2D eigenvalue weighted by Crippen LogP contribution is -2.19. The molecule has 2 heterocycles. The van der Waals surface area contributed by atoms with Crippen molar-refractivity contribution in [3.8, 4) is 0 Å². The minimum Gasteiger partial charge on any atom is -0.331 e. The van der Waals surface area contributed by atoms with Gasteiger partial charge in [0.1, 0.15) is 5.82 Å². The molecule has 2 amide bonds. The number of carbonyl (C=O) groups is 1. The fourth-order valence-electron chi connectivity index (χ4n) is 3.23. The Balaban J connectivity index is 1.48. The van der Waals surface area contributed by atoms with E-state index in [2.05, 4.69) is 15.6 Å². The van der Waals surface area contributed by atoms with Crippen LogP contribution in [0, 0.1) is 0 Å². The lowest BCUT2D eigenvalue weighted by molar-refractivity contribution is 0.262. The molecule has 0 aliphatic heterocycles. The number of anilines is 2. The Kier molecular flexibility index (Phi) is 5.11. The van der Waals surface area contributed by atoms with E-state index in [9.17, 15) is 9.59 Å². The monoisotopic (exact) mass is 387 g/mol. The number of urea groups is 1. The van der Waals surface area contributed by atoms with Gasteiger partial charge in [0.05, 0.1) is 11.0 Å². The molecular weight excluding hydrogens is 366 g/mol. The fourth-order valence-corrected chi connectivity index (χ4v) is 3.23. The predicted octanol–water partition coefficient (Wildman–Crippen LogP) is 3.62. The zero-order valence-corrected chi connectivity index (χ0v) is 16.0. The number of hydrogen-bond donors (Lipinski definition) is 2. The topological polar surface area (TPSA) is 81.0 Å². The number of aryl methyl sites for hydroxylation is 3. The Morgan fingerprint density at radius 1 is 0.966 bits per heavy atom. The lowest BCUT2D eigenvalue weighted by atomic mass is 10.2. The highest BCUT2D eigenvalue weighted by atomic mass is 16.2. The molecule has 7 heteroatoms. The van der Waals surface area contributed by atoms with Gasteiger partial charge >= 0.3 is 6.03 Å². The number of carbonyl (C=O) groups excluding carboxylic acids is 1. The molecule has 0 atom stereocenters. The molecule has 0 spiro atoms. The van der Waals surface area contributed by atoms with Crippen LogP contribution in [0.4, 0.5) is 16.2 Å². The molecule has 4 rings (SSSR count). The number of amides is 2. The van der Waals surface area contributed by atoms with Crippen molar-refractivity contribution in [2.24, 2.45) is 7.05 Å². The van der Waals surface area contributed by atoms with Crippen molar-refractivity contribution in [2.75, 3.05) is 10.6 Å². The molecule has 2 N–H and O–H groups in total. The van der Waals surface area contributed by atoms with Gasteiger partial charge in [0.2, 0.25) is 0 Å². The fraction of sp³-hybridized carbons (Fsp3) is 0.136. The smallest absolute Gasteiger partial charge is 0.323 e. The highest BCUT2D eigenvalue weighted by Crippen LogP contribution is 2.20. The van der Waals surface area contributed by atoms with Gasteiger partial charge in [0, 0.05) is 43.7 Å². The van der Waals surface area contributed by atoms with Crippen LogP contribution in [-0.2, 0) is 20.0 Å². The van der Waals surface area contributed by atoms with Crippen molar-refractivity contribution in [3.05, 3.63) is 89.1 Å². The third-order valence-corrected chi connectivity index (χ3v) is 4.74. The van der Waals surface area contributed by atoms with E-state index in [4.69, 9.17) is 0 Å². The molecular formula is C22H21N5O2. The number of fused-ring (bicyclic) bond motifs is 1. The van der Waals surface area contributed by atoms with E-state index in [-0.39, 0.29) is 11.6 Å². The van der Waals surface area contributed by atoms with E-state index in [1.54, 1.807) is 22.9 Å². The van der Waals surface area contributed by atoms with Crippen LogP contribution in [0.25, 0.3) is 11.0 Å². The van der Waals surface area contributed by atoms with Crippen molar-refractivity contribution in [3.63, 3.8) is 0 Å². The number of pyridine rings is 1. The van der Waals surface area contributed by atoms with E-state index >= 15 is 0 Å². The number of para-hydroxylation sites is 1. The van der Waals surface area contributed by atoms with Crippen LogP contribution in [0.2, 0.25) is 0 Å². The quantitative estimate of drug-likeness (QED) is 0.549. The first-order valence-corrected chi connectivity index (χ1v) is 9.34. The molecule has 7 nitrogen and oxygen atoms in total. The van der Waals surface area contributed by atoms with Gasteiger partial charge < -0.3 is 19.8 Å². The predicted molar refractivity (Wildman–Crippen MR) is 114 cm³/mol. The Hall–Kier alpha value is -3.87. The minimum atomic E-state index is -0.310. The number of imidazole rings is 1. The van der Waals surface area contributed by atoms with Crippen molar-refractivity contribution < 1.29 is 4.79 Å². The molecule has 146 valence electrons. The van der Waals surface area contributed by atoms with Gasteiger partial charge in [0.25, 0.3) is 5.56 Å². The summed E-state index contributed by atoms with van der Waals surface area (Å²) < 4.78 is 3.68. The van der Waals surface area contributed by atoms with E-state index in [1.165, 1.54) is 0 Å². The zero-order valence-electron chi connectivity index (χ0n) is 16.0. The van der Waals surface area contributed by atoms with Crippen LogP contribution in [-0.4, -0.2) is 20.1 Å². The first-order chi connectivity index (χ1) is 14.1. The van der Waals surface area contributed by atoms with Crippen molar-refractivity contribution in [1.82, 2.24) is 14.1 Å². The molecule has 0 fully saturated rings. The number of hydrogen-bond acceptors (Lipinski definition) is 3. The van der Waals surface area contributed by atoms with Gasteiger partial charge in [-0.2, -0.15) is 0 Å². The summed E-state index contributed by atoms with van der Waals surface area (Å²) in [6.45, 7) is 0.557. The molecule has 4 aromatic rings. The maximum Gasteiger partial charge on any atom is 0.323 e. The Morgan fingerprint density at radius 3 is 2.52 bits per heavy atom. The third-order valence-electron chi connectivity index (χ3n) is 4.74. The first-order valence-electron chi connectivity index (χ1n) is 9.34. The summed E-state index contributed by atoms with van der Waals surface area (Å²) in [6.07, 6.45) is 2.41. The van der Waals surface area contributed by atoms with Crippen LogP contribution in [0.15, 0.2) is 77.7 Å². The number of aromatic nitrogens is 3. The van der Waals surface area contributed by atoms with Crippen molar-refractivity contribution >= 4 is 28.4 Å². The Bertz CT molecular complexity index is 1210. The highest BCUT2D eigenvalue weighted by molar-refractivity contribution is 6.00. The van der Waals surface area contributed by atoms with E-state index in [0.717, 1.165) is 22.5 Å². The summed E-state index contributed by atoms with van der Waals surface area (Å²) in [5.74, 6) is 0.877. The molecule has 0 saturated carbocycles. The molecule has 29 heavy (non-hydrogen) atoms. The zero-order chi connectivity index (χ0) is 20.2. The average molecular weight is 387 g/mol. The SMILES string of the molecule is Cn1c(CCn2ccccc2=O)nc2cc(NC(=O)Nc3ccccc3)ccc21. The second kappa shape index (κ2) is 8.02. The molecule has 0 unspecified atom stereocenters. The maximum atomic E-state index is 12.2. The minimum absolute atomic E-state index is 0.0258. The van der Waals surface area contributed by atoms with E-state index < -0.39 is 0 Å². The normalized spacial score (nSPS) is 10.8. The molecule has 0 saturated heterocycles. The van der Waals surface area contributed by atoms with Crippen LogP contribution in [0.3, 0.4) is 0 Å². The average Bonchev–Trinajstić information content (AvgIpc) is 3.03. The van der Waals surface area contributed by atoms with Gasteiger partial charge in [-0.05, 0) is 36.4 Å². The highest BCUT2D eigenvalue weighted by Gasteiger charge is 2.10. The summed E-state index contributed by atoms with van der Waals surface area (Å²) in [4.78, 5) is 28.8. The van der Waals surface area contributed by atoms with Crippen LogP contribution < -0.4 is 16.2 Å². The van der Waals surface area contributed by atoms with Gasteiger partial charge in [-0.25, -0.2) is 9.78 Å². The van der Waals surface area contributed by atoms with E-state index in [0.29, 0.717) is 18.7 Å². The summed E-state index contributed by atoms with van der Waals surface area (Å²) in [7, 11) is 1.95. The van der Waals surface area contributed by atoms with Gasteiger partial charge in [0.15, 0.2) is 0 Å². The summed E-state index contributed by atoms with van der Waals surface area (Å²) in [5, 5.41) is 5.62. The number of nitrogens with zero attached hydrogens (tertiary/aromatic N) is 3. The molecule has 0 radical (unpaired) electrons. The Labute approximate surface area is 167 Å². The standard InChI is InChI=1S/C22H21N5O2/c1-26-19-11-10-17(24-22(29)23-16-7-3-2-4-8-16)15-18(19)25-20(26)12-14-27-13-6-5-9-21(27)28/h2-11,13,15H,12,14H2,1H3,(H2,23,24,29). The van der Waals surface area contributed by atoms with Gasteiger partial charge in [-0.15, -0.1) is 0 Å². The summed E-state index contributed by atoms with van der Waals surface area (Å²) in [6, 6.07) is 19.7.